The molecule has 1 amide bonds. The van der Waals surface area contributed by atoms with E-state index in [1.54, 1.807) is 30.7 Å². The molecule has 0 bridgehead atoms. The van der Waals surface area contributed by atoms with Crippen molar-refractivity contribution >= 4 is 6.41 Å². The van der Waals surface area contributed by atoms with Crippen LogP contribution in [0.2, 0.25) is 0 Å². The predicted molar refractivity (Wildman–Crippen MR) is 97.3 cm³/mol. The maximum absolute atomic E-state index is 11.1. The molecule has 1 aromatic carbocycles. The summed E-state index contributed by atoms with van der Waals surface area (Å²) in [5, 5.41) is 9.99. The minimum Gasteiger partial charge on any atom is 2.00 e. The van der Waals surface area contributed by atoms with Gasteiger partial charge in [0.15, 0.2) is 0 Å². The third-order valence-electron chi connectivity index (χ3n) is 3.21. The molecule has 0 fully saturated rings. The molecule has 1 N–H and O–H groups in total. The van der Waals surface area contributed by atoms with Gasteiger partial charge in [0.1, 0.15) is 0 Å². The first-order chi connectivity index (χ1) is 13.0. The number of aliphatic hydroxyl groups is 1. The zero-order valence-corrected chi connectivity index (χ0v) is 16.9. The van der Waals surface area contributed by atoms with Crippen molar-refractivity contribution in [3.63, 3.8) is 0 Å². The van der Waals surface area contributed by atoms with E-state index in [1.807, 2.05) is 50.1 Å². The van der Waals surface area contributed by atoms with Gasteiger partial charge in [-0.3, -0.25) is 0 Å². The fourth-order valence-corrected chi connectivity index (χ4v) is 1.93. The van der Waals surface area contributed by atoms with Gasteiger partial charge >= 0.3 is 51.0 Å². The van der Waals surface area contributed by atoms with Crippen LogP contribution in [0.4, 0.5) is 0 Å². The van der Waals surface area contributed by atoms with Gasteiger partial charge in [0.2, 0.25) is 0 Å². The van der Waals surface area contributed by atoms with Crippen molar-refractivity contribution in [2.45, 2.75) is 38.5 Å². The second kappa shape index (κ2) is 23.2. The number of nitrogens with zero attached hydrogens (tertiary/aromatic N) is 1. The second-order valence-electron chi connectivity index (χ2n) is 5.35. The summed E-state index contributed by atoms with van der Waals surface area (Å²) >= 11 is 0. The third kappa shape index (κ3) is 17.5. The van der Waals surface area contributed by atoms with Gasteiger partial charge in [-0.2, -0.15) is 6.41 Å². The molecule has 0 aliphatic heterocycles. The zero-order chi connectivity index (χ0) is 21.7. The van der Waals surface area contributed by atoms with Gasteiger partial charge in [-0.25, -0.2) is 0 Å². The van der Waals surface area contributed by atoms with E-state index in [9.17, 15) is 9.90 Å². The van der Waals surface area contributed by atoms with Gasteiger partial charge in [-0.15, -0.1) is 6.58 Å². The van der Waals surface area contributed by atoms with Gasteiger partial charge < -0.3 is 14.8 Å². The number of hydrogen-bond acceptors (Lipinski definition) is 2. The fourth-order valence-electron chi connectivity index (χ4n) is 1.93. The van der Waals surface area contributed by atoms with Crippen molar-refractivity contribution in [2.75, 3.05) is 0 Å². The Balaban J connectivity index is -0.000000374. The van der Waals surface area contributed by atoms with E-state index >= 15 is 0 Å². The predicted octanol–water partition coefficient (Wildman–Crippen LogP) is 2.77. The Kier molecular flexibility index (Phi) is 27.9. The fraction of sp³-hybridized carbons (Fsp3) is 0.286. The van der Waals surface area contributed by atoms with Crippen molar-refractivity contribution in [3.05, 3.63) is 87.8 Å². The van der Waals surface area contributed by atoms with Gasteiger partial charge in [0.25, 0.3) is 0 Å². The molecule has 0 saturated heterocycles. The minimum absolute atomic E-state index is 0. The smallest absolute Gasteiger partial charge is 2.00 e. The molecular weight excluding hydrogens is 402 g/mol. The van der Waals surface area contributed by atoms with Gasteiger partial charge in [-0.1, -0.05) is 36.4 Å². The summed E-state index contributed by atoms with van der Waals surface area (Å²) in [5.41, 5.74) is 0.149. The quantitative estimate of drug-likeness (QED) is 0.205. The average Bonchev–Trinajstić information content (AvgIpc) is 2.71. The van der Waals surface area contributed by atoms with E-state index in [1.165, 1.54) is 0 Å². The van der Waals surface area contributed by atoms with Crippen LogP contribution in [-0.2, 0) is 42.4 Å². The molecule has 28 heavy (non-hydrogen) atoms. The SMILES string of the molecule is C=CC[C@@](C)(O)[CH][CH][CH][C@@H](C)N([C-]=O)Cc1ccccc1.[C-]#[O+].[C-]#[O+].[C-]#[O+].[Fe+2]. The Labute approximate surface area is 178 Å². The first kappa shape index (κ1) is 33.7. The van der Waals surface area contributed by atoms with Crippen LogP contribution < -0.4 is 0 Å². The molecule has 2 atom stereocenters. The number of rotatable bonds is 10. The summed E-state index contributed by atoms with van der Waals surface area (Å²) in [5.74, 6) is 0. The van der Waals surface area contributed by atoms with Gasteiger partial charge in [0, 0.05) is 12.6 Å². The Morgan fingerprint density at radius 3 is 2.14 bits per heavy atom. The van der Waals surface area contributed by atoms with Crippen LogP contribution in [0.5, 0.6) is 0 Å². The van der Waals surface area contributed by atoms with E-state index in [-0.39, 0.29) is 23.1 Å². The van der Waals surface area contributed by atoms with Gasteiger partial charge in [-0.05, 0) is 45.1 Å². The monoisotopic (exact) mass is 425 g/mol. The van der Waals surface area contributed by atoms with Crippen molar-refractivity contribution < 1.29 is 40.9 Å². The van der Waals surface area contributed by atoms with Gasteiger partial charge in [0.05, 0.1) is 5.60 Å². The first-order valence-corrected chi connectivity index (χ1v) is 7.64. The normalized spacial score (nSPS) is 11.5. The molecule has 1 rings (SSSR count). The minimum atomic E-state index is -0.910. The van der Waals surface area contributed by atoms with Crippen molar-refractivity contribution in [3.8, 4) is 0 Å². The summed E-state index contributed by atoms with van der Waals surface area (Å²) in [4.78, 5) is 12.7. The molecule has 7 heteroatoms. The summed E-state index contributed by atoms with van der Waals surface area (Å²) in [7, 11) is 0. The van der Waals surface area contributed by atoms with E-state index in [2.05, 4.69) is 26.5 Å². The van der Waals surface area contributed by atoms with Crippen LogP contribution in [0.1, 0.15) is 25.8 Å². The Hall–Kier alpha value is -1.87. The maximum atomic E-state index is 11.1. The number of amides is 1. The van der Waals surface area contributed by atoms with E-state index in [4.69, 9.17) is 14.0 Å². The molecule has 0 aliphatic rings. The van der Waals surface area contributed by atoms with Crippen LogP contribution in [0.25, 0.3) is 0 Å². The summed E-state index contributed by atoms with van der Waals surface area (Å²) < 4.78 is 22.5. The summed E-state index contributed by atoms with van der Waals surface area (Å²) in [6.45, 7) is 21.3. The molecule has 6 nitrogen and oxygen atoms in total. The third-order valence-corrected chi connectivity index (χ3v) is 3.21. The molecule has 0 spiro atoms. The Morgan fingerprint density at radius 2 is 1.71 bits per heavy atom. The largest absolute Gasteiger partial charge is 2.00 e. The van der Waals surface area contributed by atoms with E-state index in [0.717, 1.165) is 5.56 Å². The van der Waals surface area contributed by atoms with Crippen LogP contribution in [0, 0.1) is 39.2 Å². The topological polar surface area (TPSA) is 100 Å². The van der Waals surface area contributed by atoms with Crippen LogP contribution >= 0.6 is 0 Å². The molecular formula is C21H23FeNO5+. The molecule has 149 valence electrons. The van der Waals surface area contributed by atoms with E-state index in [0.29, 0.717) is 13.0 Å². The van der Waals surface area contributed by atoms with E-state index < -0.39 is 5.60 Å². The molecule has 0 saturated carbocycles. The summed E-state index contributed by atoms with van der Waals surface area (Å²) in [6.07, 6.45) is 9.48. The van der Waals surface area contributed by atoms with Crippen molar-refractivity contribution in [1.82, 2.24) is 4.90 Å². The van der Waals surface area contributed by atoms with Crippen LogP contribution in [0.15, 0.2) is 43.0 Å². The van der Waals surface area contributed by atoms with Crippen molar-refractivity contribution in [1.29, 1.82) is 0 Å². The molecule has 0 unspecified atom stereocenters. The standard InChI is InChI=1S/C18H23NO2.3CO.Fe/c1-4-12-18(3,21)13-8-9-16(2)19(15-20)14-17-10-6-5-7-11-17;3*1-2;/h4-11,13,16,21H,1,12,14H2,2-3H3;;;;/q-1;;;;+2/t16-,18-;;;;/m1..../s1. The summed E-state index contributed by atoms with van der Waals surface area (Å²) in [6, 6.07) is 9.68. The number of benzene rings is 1. The number of carbonyl (C=O) groups excluding carboxylic acids is 1. The molecule has 3 radical (unpaired) electrons. The molecule has 0 aliphatic carbocycles. The molecule has 0 aromatic heterocycles. The average molecular weight is 425 g/mol. The Morgan fingerprint density at radius 1 is 1.21 bits per heavy atom. The molecule has 0 heterocycles. The Bertz CT molecular complexity index is 541. The zero-order valence-electron chi connectivity index (χ0n) is 15.8. The molecule has 1 aromatic rings. The van der Waals surface area contributed by atoms with Crippen LogP contribution in [0.3, 0.4) is 0 Å². The maximum Gasteiger partial charge on any atom is 2.00 e. The second-order valence-corrected chi connectivity index (χ2v) is 5.35. The van der Waals surface area contributed by atoms with Crippen molar-refractivity contribution in [2.24, 2.45) is 0 Å². The first-order valence-electron chi connectivity index (χ1n) is 7.64. The number of hydrogen-bond donors (Lipinski definition) is 1. The van der Waals surface area contributed by atoms with Crippen LogP contribution in [-0.4, -0.2) is 28.1 Å².